The number of sulfonamides is 1. The van der Waals surface area contributed by atoms with Gasteiger partial charge in [-0.15, -0.1) is 0 Å². The van der Waals surface area contributed by atoms with Crippen LogP contribution >= 0.6 is 0 Å². The smallest absolute Gasteiger partial charge is 0.251 e. The summed E-state index contributed by atoms with van der Waals surface area (Å²) in [6, 6.07) is 18.9. The monoisotopic (exact) mass is 494 g/mol. The molecule has 3 aromatic carbocycles. The summed E-state index contributed by atoms with van der Waals surface area (Å²) >= 11 is 0. The van der Waals surface area contributed by atoms with Crippen LogP contribution in [-0.4, -0.2) is 33.7 Å². The zero-order valence-corrected chi connectivity index (χ0v) is 21.9. The summed E-state index contributed by atoms with van der Waals surface area (Å²) in [4.78, 5) is 12.5. The largest absolute Gasteiger partial charge is 0.492 e. The Morgan fingerprint density at radius 2 is 1.49 bits per heavy atom. The van der Waals surface area contributed by atoms with Crippen LogP contribution in [0, 0.1) is 20.8 Å². The lowest BCUT2D eigenvalue weighted by atomic mass is 10.0. The highest BCUT2D eigenvalue weighted by Crippen LogP contribution is 2.29. The number of rotatable bonds is 10. The Morgan fingerprint density at radius 3 is 2.03 bits per heavy atom. The number of nitrogens with zero attached hydrogens (tertiary/aromatic N) is 1. The highest BCUT2D eigenvalue weighted by molar-refractivity contribution is 7.92. The van der Waals surface area contributed by atoms with Gasteiger partial charge in [0, 0.05) is 5.56 Å². The van der Waals surface area contributed by atoms with Crippen LogP contribution in [0.2, 0.25) is 0 Å². The van der Waals surface area contributed by atoms with Crippen LogP contribution < -0.4 is 14.4 Å². The quantitative estimate of drug-likeness (QED) is 0.405. The van der Waals surface area contributed by atoms with E-state index in [0.717, 1.165) is 34.4 Å². The van der Waals surface area contributed by atoms with Crippen LogP contribution in [0.3, 0.4) is 0 Å². The lowest BCUT2D eigenvalue weighted by Gasteiger charge is -2.26. The van der Waals surface area contributed by atoms with Gasteiger partial charge in [-0.25, -0.2) is 8.42 Å². The van der Waals surface area contributed by atoms with Gasteiger partial charge in [-0.3, -0.25) is 9.10 Å². The van der Waals surface area contributed by atoms with Crippen molar-refractivity contribution in [2.24, 2.45) is 0 Å². The van der Waals surface area contributed by atoms with Crippen molar-refractivity contribution in [2.75, 3.05) is 23.7 Å². The molecule has 0 aliphatic rings. The van der Waals surface area contributed by atoms with Crippen molar-refractivity contribution in [3.05, 3.63) is 94.0 Å². The Kier molecular flexibility index (Phi) is 8.57. The number of hydrogen-bond acceptors (Lipinski definition) is 4. The Hall–Kier alpha value is -3.32. The molecule has 3 rings (SSSR count). The predicted octanol–water partition coefficient (Wildman–Crippen LogP) is 4.95. The van der Waals surface area contributed by atoms with E-state index in [4.69, 9.17) is 4.74 Å². The second-order valence-electron chi connectivity index (χ2n) is 8.82. The molecule has 1 amide bonds. The molecule has 0 heterocycles. The van der Waals surface area contributed by atoms with Crippen molar-refractivity contribution in [1.29, 1.82) is 0 Å². The van der Waals surface area contributed by atoms with Crippen molar-refractivity contribution in [3.8, 4) is 5.75 Å². The Bertz CT molecular complexity index is 1240. The summed E-state index contributed by atoms with van der Waals surface area (Å²) in [5.41, 5.74) is 6.16. The number of benzene rings is 3. The number of amides is 1. The molecular weight excluding hydrogens is 460 g/mol. The van der Waals surface area contributed by atoms with E-state index in [1.807, 2.05) is 57.2 Å². The zero-order chi connectivity index (χ0) is 25.6. The van der Waals surface area contributed by atoms with Gasteiger partial charge in [0.1, 0.15) is 12.4 Å². The van der Waals surface area contributed by atoms with Crippen LogP contribution in [0.5, 0.6) is 5.75 Å². The van der Waals surface area contributed by atoms with Crippen LogP contribution in [0.15, 0.2) is 60.7 Å². The molecule has 0 fully saturated rings. The molecule has 0 unspecified atom stereocenters. The lowest BCUT2D eigenvalue weighted by Crippen LogP contribution is -2.31. The summed E-state index contributed by atoms with van der Waals surface area (Å²) in [6.07, 6.45) is 2.19. The molecule has 0 bridgehead atoms. The Balaban J connectivity index is 1.61. The summed E-state index contributed by atoms with van der Waals surface area (Å²) in [5.74, 6) is 0.571. The van der Waals surface area contributed by atoms with E-state index in [9.17, 15) is 13.2 Å². The van der Waals surface area contributed by atoms with Crippen molar-refractivity contribution >= 4 is 21.6 Å². The third-order valence-corrected chi connectivity index (χ3v) is 6.93. The summed E-state index contributed by atoms with van der Waals surface area (Å²) in [5, 5.41) is 2.85. The first-order valence-corrected chi connectivity index (χ1v) is 13.6. The summed E-state index contributed by atoms with van der Waals surface area (Å²) in [7, 11) is -3.50. The number of anilines is 1. The fourth-order valence-corrected chi connectivity index (χ4v) is 5.12. The first-order chi connectivity index (χ1) is 16.6. The van der Waals surface area contributed by atoms with Crippen molar-refractivity contribution in [3.63, 3.8) is 0 Å². The maximum Gasteiger partial charge on any atom is 0.251 e. The maximum atomic E-state index is 12.6. The van der Waals surface area contributed by atoms with Crippen LogP contribution in [0.25, 0.3) is 0 Å². The minimum absolute atomic E-state index is 0.191. The first kappa shape index (κ1) is 26.3. The second-order valence-corrected chi connectivity index (χ2v) is 10.7. The molecule has 7 heteroatoms. The standard InChI is InChI=1S/C28H34N2O4S/c1-6-23-9-13-26(14-10-23)34-16-15-29-28(31)25-11-7-24(8-12-25)19-30(35(5,32)33)27-21(3)17-20(2)18-22(27)4/h7-14,17-18H,6,15-16,19H2,1-5H3,(H,29,31). The average Bonchev–Trinajstić information content (AvgIpc) is 2.80. The van der Waals surface area contributed by atoms with Gasteiger partial charge in [0.05, 0.1) is 25.0 Å². The maximum absolute atomic E-state index is 12.6. The molecule has 0 atom stereocenters. The normalized spacial score (nSPS) is 11.2. The van der Waals surface area contributed by atoms with Crippen LogP contribution in [-0.2, 0) is 23.0 Å². The molecule has 35 heavy (non-hydrogen) atoms. The number of carbonyl (C=O) groups excluding carboxylic acids is 1. The van der Waals surface area contributed by atoms with E-state index >= 15 is 0 Å². The van der Waals surface area contributed by atoms with Gasteiger partial charge in [-0.2, -0.15) is 0 Å². The summed E-state index contributed by atoms with van der Waals surface area (Å²) < 4.78 is 32.4. The lowest BCUT2D eigenvalue weighted by molar-refractivity contribution is 0.0947. The van der Waals surface area contributed by atoms with Crippen molar-refractivity contribution in [1.82, 2.24) is 5.32 Å². The fraction of sp³-hybridized carbons (Fsp3) is 0.321. The molecule has 0 aliphatic heterocycles. The van der Waals surface area contributed by atoms with E-state index < -0.39 is 10.0 Å². The Labute approximate surface area is 209 Å². The van der Waals surface area contributed by atoms with Gasteiger partial charge in [-0.1, -0.05) is 48.9 Å². The highest BCUT2D eigenvalue weighted by Gasteiger charge is 2.22. The van der Waals surface area contributed by atoms with E-state index in [1.165, 1.54) is 16.1 Å². The molecule has 0 radical (unpaired) electrons. The van der Waals surface area contributed by atoms with E-state index in [0.29, 0.717) is 24.4 Å². The molecule has 0 spiro atoms. The number of nitrogens with one attached hydrogen (secondary N) is 1. The van der Waals surface area contributed by atoms with Crippen molar-refractivity contribution in [2.45, 2.75) is 40.7 Å². The average molecular weight is 495 g/mol. The van der Waals surface area contributed by atoms with Gasteiger partial charge < -0.3 is 10.1 Å². The number of carbonyl (C=O) groups is 1. The zero-order valence-electron chi connectivity index (χ0n) is 21.1. The van der Waals surface area contributed by atoms with Crippen molar-refractivity contribution < 1.29 is 17.9 Å². The van der Waals surface area contributed by atoms with E-state index in [2.05, 4.69) is 12.2 Å². The number of ether oxygens (including phenoxy) is 1. The van der Waals surface area contributed by atoms with E-state index in [-0.39, 0.29) is 12.5 Å². The SMILES string of the molecule is CCc1ccc(OCCNC(=O)c2ccc(CN(c3c(C)cc(C)cc3C)S(C)(=O)=O)cc2)cc1. The number of hydrogen-bond donors (Lipinski definition) is 1. The van der Waals surface area contributed by atoms with Crippen LogP contribution in [0.4, 0.5) is 5.69 Å². The molecule has 1 N–H and O–H groups in total. The predicted molar refractivity (Wildman–Crippen MR) is 142 cm³/mol. The van der Waals surface area contributed by atoms with Gasteiger partial charge >= 0.3 is 0 Å². The first-order valence-electron chi connectivity index (χ1n) is 11.7. The number of aryl methyl sites for hydroxylation is 4. The topological polar surface area (TPSA) is 75.7 Å². The summed E-state index contributed by atoms with van der Waals surface area (Å²) in [6.45, 7) is 8.88. The highest BCUT2D eigenvalue weighted by atomic mass is 32.2. The van der Waals surface area contributed by atoms with Gasteiger partial charge in [0.15, 0.2) is 0 Å². The Morgan fingerprint density at radius 1 is 0.914 bits per heavy atom. The third kappa shape index (κ3) is 7.09. The molecule has 186 valence electrons. The minimum atomic E-state index is -3.50. The molecule has 3 aromatic rings. The van der Waals surface area contributed by atoms with Gasteiger partial charge in [0.25, 0.3) is 5.91 Å². The molecule has 0 saturated heterocycles. The van der Waals surface area contributed by atoms with Crippen LogP contribution in [0.1, 0.15) is 45.1 Å². The van der Waals surface area contributed by atoms with Gasteiger partial charge in [0.2, 0.25) is 10.0 Å². The van der Waals surface area contributed by atoms with Gasteiger partial charge in [-0.05, 0) is 73.7 Å². The second kappa shape index (κ2) is 11.4. The van der Waals surface area contributed by atoms with E-state index in [1.54, 1.807) is 24.3 Å². The molecular formula is C28H34N2O4S. The minimum Gasteiger partial charge on any atom is -0.492 e. The molecule has 0 saturated carbocycles. The fourth-order valence-electron chi connectivity index (χ4n) is 4.11. The molecule has 0 aromatic heterocycles. The molecule has 6 nitrogen and oxygen atoms in total. The molecule has 0 aliphatic carbocycles. The third-order valence-electron chi connectivity index (χ3n) is 5.82.